The normalized spacial score (nSPS) is 11.8. The molecule has 0 aromatic heterocycles. The van der Waals surface area contributed by atoms with Crippen molar-refractivity contribution in [1.82, 2.24) is 0 Å². The zero-order valence-corrected chi connectivity index (χ0v) is 8.36. The van der Waals surface area contributed by atoms with Crippen LogP contribution in [0.15, 0.2) is 24.3 Å². The molecule has 74 valence electrons. The van der Waals surface area contributed by atoms with E-state index >= 15 is 0 Å². The summed E-state index contributed by atoms with van der Waals surface area (Å²) in [6.45, 7) is 11.2. The molecule has 0 aliphatic rings. The maximum absolute atomic E-state index is 6.93. The average Bonchev–Trinajstić information content (AvgIpc) is 2.19. The van der Waals surface area contributed by atoms with E-state index in [1.807, 2.05) is 26.0 Å². The fourth-order valence-corrected chi connectivity index (χ4v) is 1.10. The highest BCUT2D eigenvalue weighted by atomic mass is 16.7. The van der Waals surface area contributed by atoms with Gasteiger partial charge < -0.3 is 9.47 Å². The Morgan fingerprint density at radius 1 is 1.43 bits per heavy atom. The van der Waals surface area contributed by atoms with Gasteiger partial charge in [0.05, 0.1) is 6.57 Å². The van der Waals surface area contributed by atoms with Crippen LogP contribution in [-0.4, -0.2) is 12.9 Å². The zero-order chi connectivity index (χ0) is 10.4. The Bertz CT molecular complexity index is 330. The van der Waals surface area contributed by atoms with Crippen LogP contribution in [0.2, 0.25) is 0 Å². The number of rotatable bonds is 4. The van der Waals surface area contributed by atoms with Crippen LogP contribution in [0.1, 0.15) is 13.8 Å². The van der Waals surface area contributed by atoms with Crippen molar-refractivity contribution in [2.75, 3.05) is 6.61 Å². The van der Waals surface area contributed by atoms with Crippen molar-refractivity contribution in [2.45, 2.75) is 20.1 Å². The highest BCUT2D eigenvalue weighted by Gasteiger charge is 2.06. The minimum Gasteiger partial charge on any atom is -0.476 e. The van der Waals surface area contributed by atoms with Gasteiger partial charge in [-0.25, -0.2) is 4.85 Å². The third-order valence-corrected chi connectivity index (χ3v) is 1.68. The first-order chi connectivity index (χ1) is 6.77. The largest absolute Gasteiger partial charge is 0.476 e. The van der Waals surface area contributed by atoms with E-state index in [4.69, 9.17) is 16.0 Å². The van der Waals surface area contributed by atoms with Crippen LogP contribution in [0.25, 0.3) is 4.85 Å². The monoisotopic (exact) mass is 191 g/mol. The molecule has 1 aromatic rings. The summed E-state index contributed by atoms with van der Waals surface area (Å²) in [5.74, 6) is 0.573. The molecule has 14 heavy (non-hydrogen) atoms. The van der Waals surface area contributed by atoms with Gasteiger partial charge in [-0.05, 0) is 19.9 Å². The molecule has 0 radical (unpaired) electrons. The van der Waals surface area contributed by atoms with E-state index in [-0.39, 0.29) is 6.29 Å². The minimum absolute atomic E-state index is 0.317. The Hall–Kier alpha value is -1.53. The van der Waals surface area contributed by atoms with Gasteiger partial charge in [0.15, 0.2) is 6.29 Å². The van der Waals surface area contributed by atoms with Gasteiger partial charge in [0.25, 0.3) is 0 Å². The second-order valence-corrected chi connectivity index (χ2v) is 2.72. The Kier molecular flexibility index (Phi) is 3.96. The van der Waals surface area contributed by atoms with E-state index < -0.39 is 0 Å². The Morgan fingerprint density at radius 2 is 2.14 bits per heavy atom. The summed E-state index contributed by atoms with van der Waals surface area (Å²) in [5, 5.41) is 0. The summed E-state index contributed by atoms with van der Waals surface area (Å²) in [5.41, 5.74) is 0.513. The molecule has 1 atom stereocenters. The highest BCUT2D eigenvalue weighted by Crippen LogP contribution is 2.27. The Balaban J connectivity index is 2.71. The van der Waals surface area contributed by atoms with Crippen LogP contribution < -0.4 is 4.74 Å². The van der Waals surface area contributed by atoms with Gasteiger partial charge in [-0.15, -0.1) is 0 Å². The lowest BCUT2D eigenvalue weighted by atomic mass is 10.3. The third kappa shape index (κ3) is 2.75. The quantitative estimate of drug-likeness (QED) is 0.539. The molecular weight excluding hydrogens is 178 g/mol. The SMILES string of the molecule is [C-]#[N+]c1ccccc1OC(C)OCC. The van der Waals surface area contributed by atoms with Crippen LogP contribution in [0.4, 0.5) is 5.69 Å². The van der Waals surface area contributed by atoms with E-state index in [1.54, 1.807) is 12.1 Å². The maximum Gasteiger partial charge on any atom is 0.228 e. The summed E-state index contributed by atoms with van der Waals surface area (Å²) in [7, 11) is 0. The van der Waals surface area contributed by atoms with Crippen molar-refractivity contribution >= 4 is 5.69 Å². The smallest absolute Gasteiger partial charge is 0.228 e. The predicted octanol–water partition coefficient (Wildman–Crippen LogP) is 3.00. The van der Waals surface area contributed by atoms with Gasteiger partial charge in [0.2, 0.25) is 5.69 Å². The molecule has 0 aliphatic heterocycles. The van der Waals surface area contributed by atoms with Gasteiger partial charge >= 0.3 is 0 Å². The molecule has 0 spiro atoms. The van der Waals surface area contributed by atoms with E-state index in [2.05, 4.69) is 4.85 Å². The molecule has 0 saturated carbocycles. The molecule has 3 heteroatoms. The second-order valence-electron chi connectivity index (χ2n) is 2.72. The van der Waals surface area contributed by atoms with E-state index in [0.29, 0.717) is 18.0 Å². The minimum atomic E-state index is -0.317. The molecule has 0 heterocycles. The van der Waals surface area contributed by atoms with Gasteiger partial charge in [-0.1, -0.05) is 18.2 Å². The van der Waals surface area contributed by atoms with Gasteiger partial charge in [-0.3, -0.25) is 0 Å². The lowest BCUT2D eigenvalue weighted by Crippen LogP contribution is -2.15. The van der Waals surface area contributed by atoms with Gasteiger partial charge in [0.1, 0.15) is 5.75 Å². The first-order valence-electron chi connectivity index (χ1n) is 4.52. The zero-order valence-electron chi connectivity index (χ0n) is 8.36. The van der Waals surface area contributed by atoms with E-state index in [1.165, 1.54) is 0 Å². The van der Waals surface area contributed by atoms with Crippen LogP contribution in [0, 0.1) is 6.57 Å². The highest BCUT2D eigenvalue weighted by molar-refractivity contribution is 5.56. The molecule has 0 N–H and O–H groups in total. The van der Waals surface area contributed by atoms with Crippen LogP contribution in [-0.2, 0) is 4.74 Å². The summed E-state index contributed by atoms with van der Waals surface area (Å²) in [6, 6.07) is 7.14. The number of benzene rings is 1. The van der Waals surface area contributed by atoms with Crippen LogP contribution in [0.3, 0.4) is 0 Å². The predicted molar refractivity (Wildman–Crippen MR) is 54.4 cm³/mol. The number of ether oxygens (including phenoxy) is 2. The van der Waals surface area contributed by atoms with Crippen LogP contribution in [0.5, 0.6) is 5.75 Å². The fourth-order valence-electron chi connectivity index (χ4n) is 1.10. The first kappa shape index (κ1) is 10.6. The summed E-state index contributed by atoms with van der Waals surface area (Å²) in [4.78, 5) is 3.35. The average molecular weight is 191 g/mol. The maximum atomic E-state index is 6.93. The van der Waals surface area contributed by atoms with Crippen molar-refractivity contribution in [3.05, 3.63) is 35.7 Å². The Morgan fingerprint density at radius 3 is 2.79 bits per heavy atom. The molecular formula is C11H13NO2. The molecule has 0 fully saturated rings. The number of nitrogens with zero attached hydrogens (tertiary/aromatic N) is 1. The van der Waals surface area contributed by atoms with Crippen molar-refractivity contribution in [3.8, 4) is 5.75 Å². The molecule has 0 amide bonds. The summed E-state index contributed by atoms with van der Waals surface area (Å²) in [6.07, 6.45) is -0.317. The molecule has 0 aliphatic carbocycles. The van der Waals surface area contributed by atoms with E-state index in [9.17, 15) is 0 Å². The van der Waals surface area contributed by atoms with Crippen molar-refractivity contribution in [2.24, 2.45) is 0 Å². The first-order valence-corrected chi connectivity index (χ1v) is 4.52. The van der Waals surface area contributed by atoms with Gasteiger partial charge in [0, 0.05) is 6.61 Å². The standard InChI is InChI=1S/C11H13NO2/c1-4-13-9(2)14-11-8-6-5-7-10(11)12-3/h5-9H,4H2,1-2H3. The van der Waals surface area contributed by atoms with Crippen LogP contribution >= 0.6 is 0 Å². The molecule has 1 unspecified atom stereocenters. The molecule has 0 bridgehead atoms. The topological polar surface area (TPSA) is 22.8 Å². The lowest BCUT2D eigenvalue weighted by molar-refractivity contribution is -0.0608. The van der Waals surface area contributed by atoms with Crippen molar-refractivity contribution < 1.29 is 9.47 Å². The molecule has 1 rings (SSSR count). The summed E-state index contributed by atoms with van der Waals surface area (Å²) < 4.78 is 10.7. The van der Waals surface area contributed by atoms with Crippen molar-refractivity contribution in [1.29, 1.82) is 0 Å². The third-order valence-electron chi connectivity index (χ3n) is 1.68. The number of para-hydroxylation sites is 2. The Labute approximate surface area is 84.1 Å². The number of hydrogen-bond acceptors (Lipinski definition) is 2. The molecule has 3 nitrogen and oxygen atoms in total. The van der Waals surface area contributed by atoms with Crippen molar-refractivity contribution in [3.63, 3.8) is 0 Å². The van der Waals surface area contributed by atoms with Gasteiger partial charge in [-0.2, -0.15) is 0 Å². The summed E-state index contributed by atoms with van der Waals surface area (Å²) >= 11 is 0. The van der Waals surface area contributed by atoms with E-state index in [0.717, 1.165) is 0 Å². The second kappa shape index (κ2) is 5.25. The lowest BCUT2D eigenvalue weighted by Gasteiger charge is -2.15. The molecule has 1 aromatic carbocycles. The fraction of sp³-hybridized carbons (Fsp3) is 0.364. The molecule has 0 saturated heterocycles. The number of hydrogen-bond donors (Lipinski definition) is 0.